The third-order valence-corrected chi connectivity index (χ3v) is 2.18. The fourth-order valence-corrected chi connectivity index (χ4v) is 1.43. The zero-order valence-electron chi connectivity index (χ0n) is 9.46. The number of ketones is 1. The maximum absolute atomic E-state index is 11.7. The van der Waals surface area contributed by atoms with Crippen LogP contribution < -0.4 is 4.74 Å². The van der Waals surface area contributed by atoms with Crippen LogP contribution in [0, 0.1) is 6.92 Å². The molecular weight excluding hydrogens is 188 g/mol. The van der Waals surface area contributed by atoms with Crippen LogP contribution in [0.5, 0.6) is 5.75 Å². The van der Waals surface area contributed by atoms with Crippen LogP contribution in [0.3, 0.4) is 0 Å². The maximum atomic E-state index is 11.7. The van der Waals surface area contributed by atoms with Gasteiger partial charge in [0.25, 0.3) is 0 Å². The quantitative estimate of drug-likeness (QED) is 0.556. The molecule has 0 saturated carbocycles. The molecule has 0 heterocycles. The van der Waals surface area contributed by atoms with Crippen molar-refractivity contribution >= 4 is 5.78 Å². The summed E-state index contributed by atoms with van der Waals surface area (Å²) in [4.78, 5) is 11.7. The second-order valence-electron chi connectivity index (χ2n) is 3.74. The van der Waals surface area contributed by atoms with E-state index in [-0.39, 0.29) is 5.78 Å². The van der Waals surface area contributed by atoms with Crippen LogP contribution in [0.25, 0.3) is 0 Å². The monoisotopic (exact) mass is 204 g/mol. The van der Waals surface area contributed by atoms with Gasteiger partial charge in [-0.25, -0.2) is 0 Å². The first-order valence-electron chi connectivity index (χ1n) is 4.87. The summed E-state index contributed by atoms with van der Waals surface area (Å²) in [6.07, 6.45) is 0.409. The van der Waals surface area contributed by atoms with Gasteiger partial charge in [0.1, 0.15) is 5.75 Å². The van der Waals surface area contributed by atoms with E-state index in [0.717, 1.165) is 22.4 Å². The molecule has 2 heteroatoms. The van der Waals surface area contributed by atoms with Gasteiger partial charge >= 0.3 is 0 Å². The van der Waals surface area contributed by atoms with Crippen molar-refractivity contribution in [3.05, 3.63) is 41.5 Å². The average Bonchev–Trinajstić information content (AvgIpc) is 2.16. The van der Waals surface area contributed by atoms with E-state index in [0.29, 0.717) is 6.42 Å². The minimum Gasteiger partial charge on any atom is -0.496 e. The minimum atomic E-state index is 0.105. The van der Waals surface area contributed by atoms with E-state index in [1.807, 2.05) is 26.0 Å². The highest BCUT2D eigenvalue weighted by molar-refractivity contribution is 5.97. The molecule has 80 valence electrons. The van der Waals surface area contributed by atoms with Crippen LogP contribution in [-0.2, 0) is 0 Å². The molecule has 0 bridgehead atoms. The van der Waals surface area contributed by atoms with Crippen molar-refractivity contribution < 1.29 is 9.53 Å². The van der Waals surface area contributed by atoms with E-state index in [2.05, 4.69) is 6.58 Å². The molecule has 0 aliphatic carbocycles. The lowest BCUT2D eigenvalue weighted by atomic mass is 10.0. The number of methoxy groups -OCH3 is 1. The van der Waals surface area contributed by atoms with Crippen molar-refractivity contribution in [3.63, 3.8) is 0 Å². The molecule has 0 radical (unpaired) electrons. The van der Waals surface area contributed by atoms with E-state index in [1.54, 1.807) is 13.2 Å². The van der Waals surface area contributed by atoms with E-state index in [4.69, 9.17) is 4.74 Å². The Bertz CT molecular complexity index is 392. The molecule has 1 aromatic rings. The fourth-order valence-electron chi connectivity index (χ4n) is 1.43. The van der Waals surface area contributed by atoms with Crippen molar-refractivity contribution in [3.8, 4) is 5.75 Å². The Hall–Kier alpha value is -1.57. The number of rotatable bonds is 4. The second-order valence-corrected chi connectivity index (χ2v) is 3.74. The minimum absolute atomic E-state index is 0.105. The summed E-state index contributed by atoms with van der Waals surface area (Å²) >= 11 is 0. The molecule has 15 heavy (non-hydrogen) atoms. The molecule has 0 unspecified atom stereocenters. The largest absolute Gasteiger partial charge is 0.496 e. The molecule has 0 aliphatic heterocycles. The molecule has 1 rings (SSSR count). The van der Waals surface area contributed by atoms with Crippen molar-refractivity contribution in [2.24, 2.45) is 0 Å². The average molecular weight is 204 g/mol. The molecule has 0 N–H and O–H groups in total. The van der Waals surface area contributed by atoms with E-state index in [9.17, 15) is 4.79 Å². The van der Waals surface area contributed by atoms with Crippen molar-refractivity contribution in [1.29, 1.82) is 0 Å². The Labute approximate surface area is 90.6 Å². The number of hydrogen-bond acceptors (Lipinski definition) is 2. The number of aryl methyl sites for hydroxylation is 1. The highest BCUT2D eigenvalue weighted by Crippen LogP contribution is 2.19. The van der Waals surface area contributed by atoms with E-state index in [1.165, 1.54) is 0 Å². The first-order valence-corrected chi connectivity index (χ1v) is 4.87. The lowest BCUT2D eigenvalue weighted by molar-refractivity contribution is 0.0993. The van der Waals surface area contributed by atoms with Crippen LogP contribution in [0.2, 0.25) is 0 Å². The topological polar surface area (TPSA) is 26.3 Å². The van der Waals surface area contributed by atoms with Crippen LogP contribution in [0.15, 0.2) is 30.4 Å². The summed E-state index contributed by atoms with van der Waals surface area (Å²) in [6.45, 7) is 7.51. The summed E-state index contributed by atoms with van der Waals surface area (Å²) in [5, 5.41) is 0. The van der Waals surface area contributed by atoms with Gasteiger partial charge in [-0.05, 0) is 37.6 Å². The van der Waals surface area contributed by atoms with Gasteiger partial charge in [0.2, 0.25) is 0 Å². The molecular formula is C13H16O2. The first-order chi connectivity index (χ1) is 7.04. The molecule has 0 aliphatic rings. The first kappa shape index (κ1) is 11.5. The second kappa shape index (κ2) is 4.78. The number of allylic oxidation sites excluding steroid dienone is 1. The molecule has 0 aromatic heterocycles. The Morgan fingerprint density at radius 3 is 2.60 bits per heavy atom. The Morgan fingerprint density at radius 2 is 2.13 bits per heavy atom. The summed E-state index contributed by atoms with van der Waals surface area (Å²) in [7, 11) is 1.62. The standard InChI is InChI=1S/C13H16O2/c1-9(2)7-12(14)11-5-6-13(15-4)10(3)8-11/h5-6,8H,1,7H2,2-4H3. The molecule has 2 nitrogen and oxygen atoms in total. The Morgan fingerprint density at radius 1 is 1.47 bits per heavy atom. The van der Waals surface area contributed by atoms with Gasteiger partial charge in [0.05, 0.1) is 7.11 Å². The smallest absolute Gasteiger partial charge is 0.166 e. The van der Waals surface area contributed by atoms with Gasteiger partial charge in [-0.3, -0.25) is 4.79 Å². The van der Waals surface area contributed by atoms with Gasteiger partial charge in [-0.1, -0.05) is 12.2 Å². The van der Waals surface area contributed by atoms with E-state index < -0.39 is 0 Å². The Balaban J connectivity index is 2.92. The van der Waals surface area contributed by atoms with E-state index >= 15 is 0 Å². The van der Waals surface area contributed by atoms with Crippen molar-refractivity contribution in [1.82, 2.24) is 0 Å². The fraction of sp³-hybridized carbons (Fsp3) is 0.308. The predicted molar refractivity (Wildman–Crippen MR) is 61.5 cm³/mol. The molecule has 0 atom stereocenters. The number of carbonyl (C=O) groups excluding carboxylic acids is 1. The van der Waals surface area contributed by atoms with Crippen LogP contribution in [0.4, 0.5) is 0 Å². The normalized spacial score (nSPS) is 9.80. The van der Waals surface area contributed by atoms with Crippen molar-refractivity contribution in [2.45, 2.75) is 20.3 Å². The number of ether oxygens (including phenoxy) is 1. The third kappa shape index (κ3) is 2.94. The van der Waals surface area contributed by atoms with Gasteiger partial charge in [-0.15, -0.1) is 0 Å². The summed E-state index contributed by atoms with van der Waals surface area (Å²) in [6, 6.07) is 5.46. The summed E-state index contributed by atoms with van der Waals surface area (Å²) in [5.41, 5.74) is 2.58. The number of hydrogen-bond donors (Lipinski definition) is 0. The molecule has 0 spiro atoms. The highest BCUT2D eigenvalue weighted by atomic mass is 16.5. The van der Waals surface area contributed by atoms with Gasteiger partial charge in [0, 0.05) is 12.0 Å². The Kier molecular flexibility index (Phi) is 3.67. The predicted octanol–water partition coefficient (Wildman–Crippen LogP) is 3.15. The molecule has 0 fully saturated rings. The highest BCUT2D eigenvalue weighted by Gasteiger charge is 2.07. The van der Waals surface area contributed by atoms with Crippen molar-refractivity contribution in [2.75, 3.05) is 7.11 Å². The third-order valence-electron chi connectivity index (χ3n) is 2.18. The lowest BCUT2D eigenvalue weighted by Gasteiger charge is -2.06. The summed E-state index contributed by atoms with van der Waals surface area (Å²) < 4.78 is 5.13. The lowest BCUT2D eigenvalue weighted by Crippen LogP contribution is -2.00. The maximum Gasteiger partial charge on any atom is 0.166 e. The number of carbonyl (C=O) groups is 1. The van der Waals surface area contributed by atoms with Gasteiger partial charge in [0.15, 0.2) is 5.78 Å². The van der Waals surface area contributed by atoms with Gasteiger partial charge < -0.3 is 4.74 Å². The van der Waals surface area contributed by atoms with Crippen LogP contribution in [-0.4, -0.2) is 12.9 Å². The number of Topliss-reactive ketones (excluding diaryl/α,β-unsaturated/α-hetero) is 1. The van der Waals surface area contributed by atoms with Gasteiger partial charge in [-0.2, -0.15) is 0 Å². The molecule has 0 amide bonds. The van der Waals surface area contributed by atoms with Crippen LogP contribution >= 0.6 is 0 Å². The molecule has 1 aromatic carbocycles. The zero-order valence-corrected chi connectivity index (χ0v) is 9.46. The van der Waals surface area contributed by atoms with Crippen LogP contribution in [0.1, 0.15) is 29.3 Å². The zero-order chi connectivity index (χ0) is 11.4. The number of benzene rings is 1. The molecule has 0 saturated heterocycles. The summed E-state index contributed by atoms with van der Waals surface area (Å²) in [5.74, 6) is 0.912. The SMILES string of the molecule is C=C(C)CC(=O)c1ccc(OC)c(C)c1.